The van der Waals surface area contributed by atoms with Gasteiger partial charge in [-0.05, 0) is 32.3 Å². The topological polar surface area (TPSA) is 64.2 Å². The first kappa shape index (κ1) is 23.3. The molecule has 2 aliphatic rings. The molecular weight excluding hydrogens is 392 g/mol. The van der Waals surface area contributed by atoms with Crippen molar-refractivity contribution in [3.8, 4) is 0 Å². The number of nitrogens with zero attached hydrogens (tertiary/aromatic N) is 4. The van der Waals surface area contributed by atoms with E-state index in [0.717, 1.165) is 51.1 Å². The van der Waals surface area contributed by atoms with Crippen LogP contribution in [0.5, 0.6) is 0 Å². The van der Waals surface area contributed by atoms with Gasteiger partial charge in [-0.1, -0.05) is 30.3 Å². The first-order chi connectivity index (χ1) is 15.0. The van der Waals surface area contributed by atoms with Crippen LogP contribution in [0, 0.1) is 5.92 Å². The van der Waals surface area contributed by atoms with Gasteiger partial charge in [0.15, 0.2) is 0 Å². The fourth-order valence-corrected chi connectivity index (χ4v) is 4.54. The Labute approximate surface area is 186 Å². The van der Waals surface area contributed by atoms with E-state index in [9.17, 15) is 14.4 Å². The lowest BCUT2D eigenvalue weighted by molar-refractivity contribution is -0.142. The maximum absolute atomic E-state index is 13.1. The number of carbonyl (C=O) groups is 3. The molecular formula is C24H36N4O3. The van der Waals surface area contributed by atoms with Crippen LogP contribution < -0.4 is 0 Å². The number of carbonyl (C=O) groups excluding carboxylic acids is 3. The van der Waals surface area contributed by atoms with Crippen molar-refractivity contribution in [2.75, 3.05) is 58.9 Å². The zero-order valence-electron chi connectivity index (χ0n) is 19.0. The maximum atomic E-state index is 13.1. The molecule has 3 rings (SSSR count). The smallest absolute Gasteiger partial charge is 0.236 e. The minimum atomic E-state index is -0.114. The molecule has 31 heavy (non-hydrogen) atoms. The summed E-state index contributed by atoms with van der Waals surface area (Å²) in [5, 5.41) is 0. The van der Waals surface area contributed by atoms with E-state index in [1.807, 2.05) is 58.9 Å². The van der Waals surface area contributed by atoms with Crippen LogP contribution in [-0.4, -0.2) is 96.2 Å². The van der Waals surface area contributed by atoms with Gasteiger partial charge in [-0.15, -0.1) is 0 Å². The van der Waals surface area contributed by atoms with Crippen LogP contribution in [-0.2, 0) is 20.8 Å². The molecule has 0 N–H and O–H groups in total. The molecule has 2 heterocycles. The lowest BCUT2D eigenvalue weighted by atomic mass is 9.95. The monoisotopic (exact) mass is 428 g/mol. The Hall–Kier alpha value is -2.41. The van der Waals surface area contributed by atoms with Crippen LogP contribution >= 0.6 is 0 Å². The summed E-state index contributed by atoms with van der Waals surface area (Å²) in [7, 11) is 0. The highest BCUT2D eigenvalue weighted by Crippen LogP contribution is 2.21. The molecule has 1 atom stereocenters. The van der Waals surface area contributed by atoms with Gasteiger partial charge >= 0.3 is 0 Å². The van der Waals surface area contributed by atoms with E-state index >= 15 is 0 Å². The molecule has 3 amide bonds. The molecule has 2 saturated heterocycles. The molecule has 7 heteroatoms. The van der Waals surface area contributed by atoms with Crippen LogP contribution in [0.25, 0.3) is 0 Å². The second kappa shape index (κ2) is 11.3. The molecule has 0 radical (unpaired) electrons. The van der Waals surface area contributed by atoms with Gasteiger partial charge in [-0.25, -0.2) is 0 Å². The van der Waals surface area contributed by atoms with E-state index in [1.165, 1.54) is 0 Å². The normalized spacial score (nSPS) is 19.9. The second-order valence-electron chi connectivity index (χ2n) is 8.51. The average Bonchev–Trinajstić information content (AvgIpc) is 2.80. The Kier molecular flexibility index (Phi) is 8.46. The third-order valence-electron chi connectivity index (χ3n) is 6.48. The molecule has 0 spiro atoms. The Balaban J connectivity index is 1.47. The summed E-state index contributed by atoms with van der Waals surface area (Å²) in [5.74, 6) is 0.303. The molecule has 1 aromatic rings. The van der Waals surface area contributed by atoms with Gasteiger partial charge in [-0.2, -0.15) is 0 Å². The number of likely N-dealkylation sites (tertiary alicyclic amines) is 1. The summed E-state index contributed by atoms with van der Waals surface area (Å²) in [6, 6.07) is 9.77. The maximum Gasteiger partial charge on any atom is 0.236 e. The zero-order chi connectivity index (χ0) is 22.2. The van der Waals surface area contributed by atoms with E-state index in [-0.39, 0.29) is 23.6 Å². The van der Waals surface area contributed by atoms with Crippen LogP contribution in [0.15, 0.2) is 30.3 Å². The third-order valence-corrected chi connectivity index (χ3v) is 6.48. The SMILES string of the molecule is CCN(CC)C(=O)CN1CCN(C(=O)C2CCCN(C(=O)Cc3ccccc3)C2)CC1. The van der Waals surface area contributed by atoms with E-state index in [1.54, 1.807) is 0 Å². The number of piperazine rings is 1. The largest absolute Gasteiger partial charge is 0.342 e. The third kappa shape index (κ3) is 6.29. The average molecular weight is 429 g/mol. The van der Waals surface area contributed by atoms with Crippen LogP contribution in [0.3, 0.4) is 0 Å². The number of piperidine rings is 1. The van der Waals surface area contributed by atoms with Gasteiger partial charge in [0.1, 0.15) is 0 Å². The van der Waals surface area contributed by atoms with E-state index in [4.69, 9.17) is 0 Å². The van der Waals surface area contributed by atoms with E-state index < -0.39 is 0 Å². The highest BCUT2D eigenvalue weighted by Gasteiger charge is 2.32. The summed E-state index contributed by atoms with van der Waals surface area (Å²) in [6.07, 6.45) is 2.10. The van der Waals surface area contributed by atoms with Gasteiger partial charge in [0.05, 0.1) is 18.9 Å². The van der Waals surface area contributed by atoms with Crippen molar-refractivity contribution in [2.24, 2.45) is 5.92 Å². The van der Waals surface area contributed by atoms with Crippen LogP contribution in [0.4, 0.5) is 0 Å². The summed E-state index contributed by atoms with van der Waals surface area (Å²) in [4.78, 5) is 45.9. The predicted molar refractivity (Wildman–Crippen MR) is 120 cm³/mol. The van der Waals surface area contributed by atoms with Crippen LogP contribution in [0.1, 0.15) is 32.3 Å². The standard InChI is InChI=1S/C24H36N4O3/c1-3-26(4-2)23(30)19-25-13-15-27(16-14-25)24(31)21-11-8-12-28(18-21)22(29)17-20-9-6-5-7-10-20/h5-7,9-10,21H,3-4,8,11-19H2,1-2H3. The van der Waals surface area contributed by atoms with Gasteiger partial charge < -0.3 is 14.7 Å². The molecule has 2 fully saturated rings. The summed E-state index contributed by atoms with van der Waals surface area (Å²) < 4.78 is 0. The fraction of sp³-hybridized carbons (Fsp3) is 0.625. The second-order valence-corrected chi connectivity index (χ2v) is 8.51. The van der Waals surface area contributed by atoms with Gasteiger partial charge in [-0.3, -0.25) is 19.3 Å². The number of benzene rings is 1. The molecule has 0 saturated carbocycles. The molecule has 1 unspecified atom stereocenters. The quantitative estimate of drug-likeness (QED) is 0.660. The number of rotatable bonds is 7. The highest BCUT2D eigenvalue weighted by molar-refractivity contribution is 5.82. The summed E-state index contributed by atoms with van der Waals surface area (Å²) >= 11 is 0. The molecule has 1 aromatic carbocycles. The Morgan fingerprint density at radius 2 is 1.61 bits per heavy atom. The Morgan fingerprint density at radius 1 is 0.935 bits per heavy atom. The molecule has 0 aliphatic carbocycles. The zero-order valence-corrected chi connectivity index (χ0v) is 19.0. The first-order valence-corrected chi connectivity index (χ1v) is 11.6. The number of hydrogen-bond acceptors (Lipinski definition) is 4. The lowest BCUT2D eigenvalue weighted by Crippen LogP contribution is -2.54. The van der Waals surface area contributed by atoms with Crippen molar-refractivity contribution in [3.05, 3.63) is 35.9 Å². The molecule has 170 valence electrons. The van der Waals surface area contributed by atoms with Gasteiger partial charge in [0.2, 0.25) is 17.7 Å². The van der Waals surface area contributed by atoms with Crippen molar-refractivity contribution in [2.45, 2.75) is 33.1 Å². The molecule has 0 aromatic heterocycles. The van der Waals surface area contributed by atoms with E-state index in [0.29, 0.717) is 32.6 Å². The number of likely N-dealkylation sites (N-methyl/N-ethyl adjacent to an activating group) is 1. The van der Waals surface area contributed by atoms with Gasteiger partial charge in [0, 0.05) is 52.4 Å². The fourth-order valence-electron chi connectivity index (χ4n) is 4.54. The molecule has 7 nitrogen and oxygen atoms in total. The lowest BCUT2D eigenvalue weighted by Gasteiger charge is -2.39. The molecule has 2 aliphatic heterocycles. The number of amides is 3. The predicted octanol–water partition coefficient (Wildman–Crippen LogP) is 1.48. The highest BCUT2D eigenvalue weighted by atomic mass is 16.2. The first-order valence-electron chi connectivity index (χ1n) is 11.6. The van der Waals surface area contributed by atoms with Crippen LogP contribution in [0.2, 0.25) is 0 Å². The summed E-state index contributed by atoms with van der Waals surface area (Å²) in [5.41, 5.74) is 1.01. The van der Waals surface area contributed by atoms with Crippen molar-refractivity contribution in [1.82, 2.24) is 19.6 Å². The van der Waals surface area contributed by atoms with Crippen molar-refractivity contribution < 1.29 is 14.4 Å². The van der Waals surface area contributed by atoms with Crippen molar-refractivity contribution in [1.29, 1.82) is 0 Å². The van der Waals surface area contributed by atoms with Gasteiger partial charge in [0.25, 0.3) is 0 Å². The number of hydrogen-bond donors (Lipinski definition) is 0. The van der Waals surface area contributed by atoms with E-state index in [2.05, 4.69) is 4.90 Å². The minimum Gasteiger partial charge on any atom is -0.342 e. The Bertz CT molecular complexity index is 742. The van der Waals surface area contributed by atoms with Crippen molar-refractivity contribution in [3.63, 3.8) is 0 Å². The molecule has 0 bridgehead atoms. The van der Waals surface area contributed by atoms with Crippen molar-refractivity contribution >= 4 is 17.7 Å². The minimum absolute atomic E-state index is 0.100. The summed E-state index contributed by atoms with van der Waals surface area (Å²) in [6.45, 7) is 9.88. The Morgan fingerprint density at radius 3 is 2.26 bits per heavy atom.